The number of amides is 1. The molecular formula is C14H26Cl2N4O. The number of nitrogens with one attached hydrogen (secondary N) is 2. The van der Waals surface area contributed by atoms with Crippen LogP contribution < -0.4 is 16.4 Å². The minimum Gasteiger partial charge on any atom is -0.383 e. The topological polar surface area (TPSA) is 80.0 Å². The Morgan fingerprint density at radius 1 is 1.38 bits per heavy atom. The summed E-state index contributed by atoms with van der Waals surface area (Å²) in [5.41, 5.74) is 7.97. The van der Waals surface area contributed by atoms with Crippen LogP contribution in [0.25, 0.3) is 0 Å². The van der Waals surface area contributed by atoms with E-state index >= 15 is 0 Å². The maximum Gasteiger partial charge on any atom is 0.237 e. The van der Waals surface area contributed by atoms with Crippen molar-refractivity contribution in [3.8, 4) is 0 Å². The van der Waals surface area contributed by atoms with Crippen LogP contribution in [0.15, 0.2) is 18.5 Å². The van der Waals surface area contributed by atoms with Gasteiger partial charge in [0.25, 0.3) is 0 Å². The molecule has 1 aromatic rings. The van der Waals surface area contributed by atoms with Crippen LogP contribution >= 0.6 is 24.8 Å². The zero-order valence-corrected chi connectivity index (χ0v) is 14.4. The summed E-state index contributed by atoms with van der Waals surface area (Å²) in [5, 5.41) is 6.10. The Balaban J connectivity index is 0. The molecule has 4 N–H and O–H groups in total. The highest BCUT2D eigenvalue weighted by molar-refractivity contribution is 5.85. The molecule has 21 heavy (non-hydrogen) atoms. The van der Waals surface area contributed by atoms with Gasteiger partial charge in [-0.2, -0.15) is 0 Å². The number of carbonyl (C=O) groups excluding carboxylic acids is 1. The number of nitrogens with two attached hydrogens (primary N) is 1. The number of nitrogens with zero attached hydrogens (tertiary/aromatic N) is 1. The number of rotatable bonds is 7. The third kappa shape index (κ3) is 7.50. The van der Waals surface area contributed by atoms with Crippen molar-refractivity contribution in [3.05, 3.63) is 24.0 Å². The maximum absolute atomic E-state index is 11.7. The first-order valence-electron chi connectivity index (χ1n) is 6.74. The first-order chi connectivity index (χ1) is 9.06. The second-order valence-electron chi connectivity index (χ2n) is 4.82. The Kier molecular flexibility index (Phi) is 12.3. The number of hydrogen-bond donors (Lipinski definition) is 3. The average molecular weight is 337 g/mol. The van der Waals surface area contributed by atoms with Crippen LogP contribution in [0.5, 0.6) is 0 Å². The van der Waals surface area contributed by atoms with Gasteiger partial charge in [-0.05, 0) is 24.5 Å². The number of pyridine rings is 1. The second-order valence-corrected chi connectivity index (χ2v) is 4.82. The van der Waals surface area contributed by atoms with E-state index in [1.165, 1.54) is 0 Å². The minimum atomic E-state index is -0.423. The Bertz CT molecular complexity index is 418. The van der Waals surface area contributed by atoms with E-state index in [0.717, 1.165) is 17.7 Å². The summed E-state index contributed by atoms with van der Waals surface area (Å²) >= 11 is 0. The van der Waals surface area contributed by atoms with Crippen molar-refractivity contribution in [2.24, 2.45) is 11.7 Å². The quantitative estimate of drug-likeness (QED) is 0.666. The van der Waals surface area contributed by atoms with Crippen LogP contribution in [-0.2, 0) is 4.79 Å². The summed E-state index contributed by atoms with van der Waals surface area (Å²) in [6.07, 6.45) is 4.45. The van der Waals surface area contributed by atoms with Crippen molar-refractivity contribution >= 4 is 36.4 Å². The van der Waals surface area contributed by atoms with Gasteiger partial charge in [0, 0.05) is 31.2 Å². The van der Waals surface area contributed by atoms with Gasteiger partial charge in [-0.3, -0.25) is 9.78 Å². The van der Waals surface area contributed by atoms with Crippen LogP contribution in [0.4, 0.5) is 5.69 Å². The summed E-state index contributed by atoms with van der Waals surface area (Å²) in [5.74, 6) is 0.123. The lowest BCUT2D eigenvalue weighted by Crippen LogP contribution is -2.45. The molecule has 1 rings (SSSR count). The van der Waals surface area contributed by atoms with E-state index in [9.17, 15) is 4.79 Å². The monoisotopic (exact) mass is 336 g/mol. The zero-order valence-electron chi connectivity index (χ0n) is 12.8. The van der Waals surface area contributed by atoms with E-state index in [0.29, 0.717) is 13.1 Å². The molecule has 0 saturated carbocycles. The molecule has 1 aromatic heterocycles. The SMILES string of the molecule is CC[C@H](C)[C@H](N)C(=O)NCCNc1ccncc1C.Cl.Cl. The van der Waals surface area contributed by atoms with Gasteiger partial charge in [-0.15, -0.1) is 24.8 Å². The van der Waals surface area contributed by atoms with Crippen molar-refractivity contribution in [1.82, 2.24) is 10.3 Å². The molecular weight excluding hydrogens is 311 g/mol. The number of carbonyl (C=O) groups is 1. The molecule has 0 aliphatic heterocycles. The van der Waals surface area contributed by atoms with E-state index in [4.69, 9.17) is 5.73 Å². The molecule has 0 bridgehead atoms. The van der Waals surface area contributed by atoms with Gasteiger partial charge in [0.05, 0.1) is 6.04 Å². The van der Waals surface area contributed by atoms with E-state index < -0.39 is 6.04 Å². The smallest absolute Gasteiger partial charge is 0.237 e. The lowest BCUT2D eigenvalue weighted by molar-refractivity contribution is -0.123. The van der Waals surface area contributed by atoms with Crippen molar-refractivity contribution in [1.29, 1.82) is 0 Å². The number of aromatic nitrogens is 1. The molecule has 7 heteroatoms. The highest BCUT2D eigenvalue weighted by Gasteiger charge is 2.18. The molecule has 0 spiro atoms. The molecule has 2 atom stereocenters. The van der Waals surface area contributed by atoms with Crippen LogP contribution in [0.2, 0.25) is 0 Å². The number of aryl methyl sites for hydroxylation is 1. The summed E-state index contributed by atoms with van der Waals surface area (Å²) in [7, 11) is 0. The zero-order chi connectivity index (χ0) is 14.3. The lowest BCUT2D eigenvalue weighted by Gasteiger charge is -2.18. The first kappa shape index (κ1) is 22.2. The predicted octanol–water partition coefficient (Wildman–Crippen LogP) is 2.14. The largest absolute Gasteiger partial charge is 0.383 e. The molecule has 0 fully saturated rings. The van der Waals surface area contributed by atoms with Crippen molar-refractivity contribution in [2.45, 2.75) is 33.2 Å². The Labute approximate surface area is 139 Å². The normalized spacial score (nSPS) is 12.4. The van der Waals surface area contributed by atoms with Gasteiger partial charge in [-0.25, -0.2) is 0 Å². The van der Waals surface area contributed by atoms with Crippen LogP contribution in [0, 0.1) is 12.8 Å². The van der Waals surface area contributed by atoms with Gasteiger partial charge in [-0.1, -0.05) is 20.3 Å². The summed E-state index contributed by atoms with van der Waals surface area (Å²) in [6, 6.07) is 1.50. The maximum atomic E-state index is 11.7. The average Bonchev–Trinajstić information content (AvgIpc) is 2.43. The Morgan fingerprint density at radius 3 is 2.62 bits per heavy atom. The predicted molar refractivity (Wildman–Crippen MR) is 92.4 cm³/mol. The summed E-state index contributed by atoms with van der Waals surface area (Å²) in [6.45, 7) is 7.25. The summed E-state index contributed by atoms with van der Waals surface area (Å²) < 4.78 is 0. The van der Waals surface area contributed by atoms with Gasteiger partial charge in [0.15, 0.2) is 0 Å². The molecule has 0 aliphatic rings. The van der Waals surface area contributed by atoms with E-state index in [1.54, 1.807) is 12.4 Å². The Morgan fingerprint density at radius 2 is 2.05 bits per heavy atom. The van der Waals surface area contributed by atoms with Crippen molar-refractivity contribution < 1.29 is 4.79 Å². The van der Waals surface area contributed by atoms with Crippen LogP contribution in [-0.4, -0.2) is 30.0 Å². The fraction of sp³-hybridized carbons (Fsp3) is 0.571. The van der Waals surface area contributed by atoms with Crippen molar-refractivity contribution in [3.63, 3.8) is 0 Å². The third-order valence-electron chi connectivity index (χ3n) is 3.32. The molecule has 5 nitrogen and oxygen atoms in total. The molecule has 1 amide bonds. The molecule has 0 aromatic carbocycles. The number of hydrogen-bond acceptors (Lipinski definition) is 4. The molecule has 122 valence electrons. The highest BCUT2D eigenvalue weighted by Crippen LogP contribution is 2.10. The molecule has 0 radical (unpaired) electrons. The number of anilines is 1. The molecule has 1 heterocycles. The van der Waals surface area contributed by atoms with Gasteiger partial charge >= 0.3 is 0 Å². The van der Waals surface area contributed by atoms with Gasteiger partial charge in [0.1, 0.15) is 0 Å². The Hall–Kier alpha value is -1.04. The van der Waals surface area contributed by atoms with Crippen molar-refractivity contribution in [2.75, 3.05) is 18.4 Å². The van der Waals surface area contributed by atoms with E-state index in [-0.39, 0.29) is 36.6 Å². The summed E-state index contributed by atoms with van der Waals surface area (Å²) in [4.78, 5) is 15.8. The molecule has 0 unspecified atom stereocenters. The van der Waals surface area contributed by atoms with Gasteiger partial charge in [0.2, 0.25) is 5.91 Å². The van der Waals surface area contributed by atoms with E-state index in [1.807, 2.05) is 26.8 Å². The first-order valence-corrected chi connectivity index (χ1v) is 6.74. The van der Waals surface area contributed by atoms with Crippen LogP contribution in [0.3, 0.4) is 0 Å². The third-order valence-corrected chi connectivity index (χ3v) is 3.32. The fourth-order valence-corrected chi connectivity index (χ4v) is 1.68. The van der Waals surface area contributed by atoms with Crippen LogP contribution in [0.1, 0.15) is 25.8 Å². The van der Waals surface area contributed by atoms with E-state index in [2.05, 4.69) is 15.6 Å². The van der Waals surface area contributed by atoms with Gasteiger partial charge < -0.3 is 16.4 Å². The highest BCUT2D eigenvalue weighted by atomic mass is 35.5. The standard InChI is InChI=1S/C14H24N4O.2ClH/c1-4-10(2)13(15)14(19)18-8-7-17-12-5-6-16-9-11(12)3;;/h5-6,9-10,13H,4,7-8,15H2,1-3H3,(H,16,17)(H,18,19);2*1H/t10-,13-;;/m0../s1. The molecule has 0 aliphatic carbocycles. The molecule has 0 saturated heterocycles. The lowest BCUT2D eigenvalue weighted by atomic mass is 9.99. The fourth-order valence-electron chi connectivity index (χ4n) is 1.68. The minimum absolute atomic E-state index is 0. The second kappa shape index (κ2) is 11.6. The number of halogens is 2.